The molecule has 142 valence electrons. The molecule has 1 aliphatic heterocycles. The summed E-state index contributed by atoms with van der Waals surface area (Å²) in [4.78, 5) is 15.0. The fourth-order valence-electron chi connectivity index (χ4n) is 3.86. The zero-order valence-corrected chi connectivity index (χ0v) is 16.1. The van der Waals surface area contributed by atoms with E-state index < -0.39 is 0 Å². The normalized spacial score (nSPS) is 18.2. The van der Waals surface area contributed by atoms with E-state index in [1.54, 1.807) is 0 Å². The van der Waals surface area contributed by atoms with E-state index in [1.165, 1.54) is 6.42 Å². The Balaban J connectivity index is 1.58. The molecule has 0 saturated carbocycles. The molecule has 2 aromatic rings. The van der Waals surface area contributed by atoms with Gasteiger partial charge in [-0.15, -0.1) is 0 Å². The molecule has 3 heterocycles. The molecule has 0 radical (unpaired) electrons. The van der Waals surface area contributed by atoms with Crippen LogP contribution < -0.4 is 5.32 Å². The SMILES string of the molecule is CCn1nc(C)c(NC(=O)CN2CCCCC2CCn2cccn2)c1C. The van der Waals surface area contributed by atoms with Crippen LogP contribution in [-0.2, 0) is 17.9 Å². The van der Waals surface area contributed by atoms with Crippen LogP contribution in [0, 0.1) is 13.8 Å². The van der Waals surface area contributed by atoms with Crippen molar-refractivity contribution >= 4 is 11.6 Å². The molecule has 1 aliphatic rings. The van der Waals surface area contributed by atoms with Crippen LogP contribution in [0.5, 0.6) is 0 Å². The number of carbonyl (C=O) groups is 1. The first kappa shape index (κ1) is 18.6. The second kappa shape index (κ2) is 8.49. The molecule has 7 nitrogen and oxygen atoms in total. The summed E-state index contributed by atoms with van der Waals surface area (Å²) in [6.45, 7) is 9.16. The highest BCUT2D eigenvalue weighted by atomic mass is 16.2. The van der Waals surface area contributed by atoms with Gasteiger partial charge in [0, 0.05) is 31.5 Å². The predicted molar refractivity (Wildman–Crippen MR) is 102 cm³/mol. The topological polar surface area (TPSA) is 68.0 Å². The zero-order valence-electron chi connectivity index (χ0n) is 16.1. The van der Waals surface area contributed by atoms with Crippen molar-refractivity contribution in [1.29, 1.82) is 0 Å². The van der Waals surface area contributed by atoms with E-state index in [9.17, 15) is 4.79 Å². The maximum absolute atomic E-state index is 12.7. The van der Waals surface area contributed by atoms with Gasteiger partial charge in [-0.25, -0.2) is 0 Å². The number of rotatable bonds is 7. The number of hydrogen-bond donors (Lipinski definition) is 1. The van der Waals surface area contributed by atoms with Gasteiger partial charge in [-0.1, -0.05) is 6.42 Å². The van der Waals surface area contributed by atoms with E-state index in [4.69, 9.17) is 0 Å². The molecule has 1 amide bonds. The number of nitrogens with zero attached hydrogens (tertiary/aromatic N) is 5. The maximum atomic E-state index is 12.7. The summed E-state index contributed by atoms with van der Waals surface area (Å²) in [5.41, 5.74) is 2.76. The van der Waals surface area contributed by atoms with Crippen LogP contribution in [0.1, 0.15) is 44.0 Å². The van der Waals surface area contributed by atoms with Gasteiger partial charge < -0.3 is 5.32 Å². The Labute approximate surface area is 155 Å². The number of nitrogens with one attached hydrogen (secondary N) is 1. The zero-order chi connectivity index (χ0) is 18.5. The first-order valence-corrected chi connectivity index (χ1v) is 9.63. The molecule has 1 saturated heterocycles. The first-order chi connectivity index (χ1) is 12.6. The van der Waals surface area contributed by atoms with Gasteiger partial charge in [0.25, 0.3) is 0 Å². The van der Waals surface area contributed by atoms with Crippen LogP contribution in [0.2, 0.25) is 0 Å². The van der Waals surface area contributed by atoms with Crippen molar-refractivity contribution < 1.29 is 4.79 Å². The Kier molecular flexibility index (Phi) is 6.08. The number of aryl methyl sites for hydroxylation is 3. The average molecular weight is 358 g/mol. The van der Waals surface area contributed by atoms with Gasteiger partial charge in [-0.3, -0.25) is 19.1 Å². The van der Waals surface area contributed by atoms with E-state index in [0.29, 0.717) is 12.6 Å². The molecule has 0 aromatic carbocycles. The molecule has 7 heteroatoms. The Morgan fingerprint density at radius 3 is 2.88 bits per heavy atom. The number of amides is 1. The summed E-state index contributed by atoms with van der Waals surface area (Å²) in [6, 6.07) is 2.40. The lowest BCUT2D eigenvalue weighted by atomic mass is 9.99. The first-order valence-electron chi connectivity index (χ1n) is 9.63. The third-order valence-electron chi connectivity index (χ3n) is 5.29. The van der Waals surface area contributed by atoms with Crippen LogP contribution in [0.15, 0.2) is 18.5 Å². The quantitative estimate of drug-likeness (QED) is 0.826. The summed E-state index contributed by atoms with van der Waals surface area (Å²) in [5.74, 6) is 0.0536. The van der Waals surface area contributed by atoms with Gasteiger partial charge in [-0.05, 0) is 52.6 Å². The van der Waals surface area contributed by atoms with E-state index in [2.05, 4.69) is 27.3 Å². The van der Waals surface area contributed by atoms with Gasteiger partial charge in [0.2, 0.25) is 5.91 Å². The Bertz CT molecular complexity index is 721. The van der Waals surface area contributed by atoms with E-state index in [0.717, 1.165) is 56.0 Å². The van der Waals surface area contributed by atoms with Gasteiger partial charge in [0.15, 0.2) is 0 Å². The van der Waals surface area contributed by atoms with Crippen molar-refractivity contribution in [2.75, 3.05) is 18.4 Å². The second-order valence-corrected chi connectivity index (χ2v) is 7.09. The molecule has 0 spiro atoms. The minimum absolute atomic E-state index is 0.0536. The highest BCUT2D eigenvalue weighted by Gasteiger charge is 2.25. The van der Waals surface area contributed by atoms with Crippen LogP contribution in [0.25, 0.3) is 0 Å². The number of carbonyl (C=O) groups excluding carboxylic acids is 1. The Morgan fingerprint density at radius 2 is 2.19 bits per heavy atom. The standard InChI is InChI=1S/C19H30N6O/c1-4-25-16(3)19(15(2)22-25)21-18(26)14-23-11-6-5-8-17(23)9-13-24-12-7-10-20-24/h7,10,12,17H,4-6,8-9,11,13-14H2,1-3H3,(H,21,26). The summed E-state index contributed by atoms with van der Waals surface area (Å²) < 4.78 is 3.90. The number of likely N-dealkylation sites (tertiary alicyclic amines) is 1. The van der Waals surface area contributed by atoms with Crippen LogP contribution in [-0.4, -0.2) is 49.5 Å². The molecule has 1 atom stereocenters. The molecule has 3 rings (SSSR count). The van der Waals surface area contributed by atoms with Gasteiger partial charge in [-0.2, -0.15) is 10.2 Å². The van der Waals surface area contributed by atoms with Crippen molar-refractivity contribution in [3.63, 3.8) is 0 Å². The fraction of sp³-hybridized carbons (Fsp3) is 0.632. The Hall–Kier alpha value is -2.15. The molecule has 1 unspecified atom stereocenters. The van der Waals surface area contributed by atoms with Gasteiger partial charge in [0.05, 0.1) is 23.6 Å². The minimum atomic E-state index is 0.0536. The molecule has 1 N–H and O–H groups in total. The summed E-state index contributed by atoms with van der Waals surface area (Å²) in [6.07, 6.45) is 8.39. The number of aromatic nitrogens is 4. The van der Waals surface area contributed by atoms with Crippen LogP contribution in [0.4, 0.5) is 5.69 Å². The summed E-state index contributed by atoms with van der Waals surface area (Å²) >= 11 is 0. The lowest BCUT2D eigenvalue weighted by Gasteiger charge is -2.35. The molecule has 2 aromatic heterocycles. The van der Waals surface area contributed by atoms with Crippen molar-refractivity contribution in [1.82, 2.24) is 24.5 Å². The summed E-state index contributed by atoms with van der Waals surface area (Å²) in [7, 11) is 0. The van der Waals surface area contributed by atoms with Crippen molar-refractivity contribution in [2.45, 2.75) is 65.6 Å². The third-order valence-corrected chi connectivity index (χ3v) is 5.29. The van der Waals surface area contributed by atoms with Crippen molar-refractivity contribution in [2.24, 2.45) is 0 Å². The molecular formula is C19H30N6O. The third kappa shape index (κ3) is 4.33. The van der Waals surface area contributed by atoms with Crippen molar-refractivity contribution in [3.8, 4) is 0 Å². The number of anilines is 1. The number of hydrogen-bond acceptors (Lipinski definition) is 4. The van der Waals surface area contributed by atoms with Crippen LogP contribution >= 0.6 is 0 Å². The fourth-order valence-corrected chi connectivity index (χ4v) is 3.86. The molecular weight excluding hydrogens is 328 g/mol. The highest BCUT2D eigenvalue weighted by Crippen LogP contribution is 2.22. The smallest absolute Gasteiger partial charge is 0.238 e. The maximum Gasteiger partial charge on any atom is 0.238 e. The largest absolute Gasteiger partial charge is 0.322 e. The van der Waals surface area contributed by atoms with Crippen molar-refractivity contribution in [3.05, 3.63) is 29.8 Å². The molecule has 26 heavy (non-hydrogen) atoms. The summed E-state index contributed by atoms with van der Waals surface area (Å²) in [5, 5.41) is 11.9. The molecule has 1 fully saturated rings. The van der Waals surface area contributed by atoms with E-state index in [-0.39, 0.29) is 5.91 Å². The second-order valence-electron chi connectivity index (χ2n) is 7.09. The number of piperidine rings is 1. The van der Waals surface area contributed by atoms with E-state index in [1.807, 2.05) is 41.7 Å². The minimum Gasteiger partial charge on any atom is -0.322 e. The van der Waals surface area contributed by atoms with E-state index >= 15 is 0 Å². The lowest BCUT2D eigenvalue weighted by Crippen LogP contribution is -2.44. The van der Waals surface area contributed by atoms with Gasteiger partial charge in [0.1, 0.15) is 0 Å². The Morgan fingerprint density at radius 1 is 1.35 bits per heavy atom. The predicted octanol–water partition coefficient (Wildman–Crippen LogP) is 2.60. The molecule has 0 bridgehead atoms. The monoisotopic (exact) mass is 358 g/mol. The average Bonchev–Trinajstić information content (AvgIpc) is 3.24. The molecule has 0 aliphatic carbocycles. The highest BCUT2D eigenvalue weighted by molar-refractivity contribution is 5.93. The lowest BCUT2D eigenvalue weighted by molar-refractivity contribution is -0.118. The van der Waals surface area contributed by atoms with Gasteiger partial charge >= 0.3 is 0 Å². The van der Waals surface area contributed by atoms with Crippen LogP contribution in [0.3, 0.4) is 0 Å².